The SMILES string of the molecule is COC1CCN(CCC(N)(CO)c2ccccc2)CC1. The molecular weight excluding hydrogens is 252 g/mol. The molecule has 1 aliphatic rings. The fourth-order valence-corrected chi connectivity index (χ4v) is 2.81. The van der Waals surface area contributed by atoms with Crippen molar-refractivity contribution in [1.82, 2.24) is 4.90 Å². The Morgan fingerprint density at radius 3 is 2.50 bits per heavy atom. The van der Waals surface area contributed by atoms with E-state index in [-0.39, 0.29) is 6.61 Å². The smallest absolute Gasteiger partial charge is 0.0656 e. The molecule has 1 saturated heterocycles. The van der Waals surface area contributed by atoms with Gasteiger partial charge in [0.2, 0.25) is 0 Å². The minimum Gasteiger partial charge on any atom is -0.394 e. The number of aliphatic hydroxyl groups excluding tert-OH is 1. The topological polar surface area (TPSA) is 58.7 Å². The second kappa shape index (κ2) is 7.18. The van der Waals surface area contributed by atoms with Crippen LogP contribution in [-0.2, 0) is 10.3 Å². The average molecular weight is 278 g/mol. The first-order valence-corrected chi connectivity index (χ1v) is 7.38. The van der Waals surface area contributed by atoms with E-state index in [0.717, 1.165) is 44.5 Å². The number of piperidine rings is 1. The highest BCUT2D eigenvalue weighted by Gasteiger charge is 2.28. The number of nitrogens with zero attached hydrogens (tertiary/aromatic N) is 1. The van der Waals surface area contributed by atoms with Crippen LogP contribution < -0.4 is 5.73 Å². The van der Waals surface area contributed by atoms with Crippen molar-refractivity contribution in [2.24, 2.45) is 5.73 Å². The third-order valence-electron chi connectivity index (χ3n) is 4.37. The molecule has 0 saturated carbocycles. The maximum atomic E-state index is 9.68. The molecule has 4 heteroatoms. The molecule has 3 N–H and O–H groups in total. The predicted octanol–water partition coefficient (Wildman–Crippen LogP) is 1.33. The fourth-order valence-electron chi connectivity index (χ4n) is 2.81. The third-order valence-corrected chi connectivity index (χ3v) is 4.37. The van der Waals surface area contributed by atoms with Crippen LogP contribution in [-0.4, -0.2) is 49.5 Å². The van der Waals surface area contributed by atoms with Crippen LogP contribution in [0.2, 0.25) is 0 Å². The lowest BCUT2D eigenvalue weighted by Gasteiger charge is -2.35. The van der Waals surface area contributed by atoms with Gasteiger partial charge in [0.15, 0.2) is 0 Å². The predicted molar refractivity (Wildman–Crippen MR) is 80.5 cm³/mol. The maximum Gasteiger partial charge on any atom is 0.0656 e. The molecule has 1 fully saturated rings. The van der Waals surface area contributed by atoms with Crippen LogP contribution in [0.25, 0.3) is 0 Å². The highest BCUT2D eigenvalue weighted by molar-refractivity contribution is 5.24. The molecule has 1 unspecified atom stereocenters. The summed E-state index contributed by atoms with van der Waals surface area (Å²) in [5.74, 6) is 0. The lowest BCUT2D eigenvalue weighted by molar-refractivity contribution is 0.0374. The lowest BCUT2D eigenvalue weighted by atomic mass is 9.88. The van der Waals surface area contributed by atoms with Crippen molar-refractivity contribution in [2.45, 2.75) is 30.9 Å². The van der Waals surface area contributed by atoms with Crippen molar-refractivity contribution < 1.29 is 9.84 Å². The van der Waals surface area contributed by atoms with Crippen molar-refractivity contribution in [3.63, 3.8) is 0 Å². The molecule has 112 valence electrons. The number of aliphatic hydroxyl groups is 1. The van der Waals surface area contributed by atoms with E-state index in [1.807, 2.05) is 30.3 Å². The maximum absolute atomic E-state index is 9.68. The fraction of sp³-hybridized carbons (Fsp3) is 0.625. The summed E-state index contributed by atoms with van der Waals surface area (Å²) in [7, 11) is 1.78. The Morgan fingerprint density at radius 2 is 1.95 bits per heavy atom. The molecule has 1 heterocycles. The third kappa shape index (κ3) is 3.79. The Balaban J connectivity index is 1.88. The molecule has 0 bridgehead atoms. The molecule has 1 aliphatic heterocycles. The Labute approximate surface area is 121 Å². The van der Waals surface area contributed by atoms with Gasteiger partial charge < -0.3 is 20.5 Å². The van der Waals surface area contributed by atoms with Crippen LogP contribution in [0.3, 0.4) is 0 Å². The number of nitrogens with two attached hydrogens (primary N) is 1. The molecule has 4 nitrogen and oxygen atoms in total. The number of benzene rings is 1. The summed E-state index contributed by atoms with van der Waals surface area (Å²) >= 11 is 0. The Bertz CT molecular complexity index is 391. The number of methoxy groups -OCH3 is 1. The van der Waals surface area contributed by atoms with Crippen molar-refractivity contribution in [2.75, 3.05) is 33.4 Å². The molecule has 0 amide bonds. The number of rotatable bonds is 6. The van der Waals surface area contributed by atoms with E-state index >= 15 is 0 Å². The van der Waals surface area contributed by atoms with Crippen LogP contribution >= 0.6 is 0 Å². The second-order valence-corrected chi connectivity index (χ2v) is 5.71. The van der Waals surface area contributed by atoms with Crippen LogP contribution in [0.5, 0.6) is 0 Å². The van der Waals surface area contributed by atoms with Crippen LogP contribution in [0.15, 0.2) is 30.3 Å². The summed E-state index contributed by atoms with van der Waals surface area (Å²) in [5.41, 5.74) is 6.76. The zero-order chi connectivity index (χ0) is 14.4. The second-order valence-electron chi connectivity index (χ2n) is 5.71. The summed E-state index contributed by atoms with van der Waals surface area (Å²) in [6.45, 7) is 3.00. The van der Waals surface area contributed by atoms with Crippen LogP contribution in [0.1, 0.15) is 24.8 Å². The normalized spacial score (nSPS) is 20.8. The standard InChI is InChI=1S/C16H26N2O2/c1-20-15-7-10-18(11-8-15)12-9-16(17,13-19)14-5-3-2-4-6-14/h2-6,15,19H,7-13,17H2,1H3. The van der Waals surface area contributed by atoms with Crippen molar-refractivity contribution >= 4 is 0 Å². The van der Waals surface area contributed by atoms with Gasteiger partial charge in [-0.05, 0) is 24.8 Å². The van der Waals surface area contributed by atoms with Gasteiger partial charge in [-0.1, -0.05) is 30.3 Å². The largest absolute Gasteiger partial charge is 0.394 e. The van der Waals surface area contributed by atoms with Crippen LogP contribution in [0.4, 0.5) is 0 Å². The summed E-state index contributed by atoms with van der Waals surface area (Å²) in [5, 5.41) is 9.68. The molecule has 1 atom stereocenters. The molecule has 2 rings (SSSR count). The molecular formula is C16H26N2O2. The molecule has 20 heavy (non-hydrogen) atoms. The van der Waals surface area contributed by atoms with Gasteiger partial charge in [-0.15, -0.1) is 0 Å². The molecule has 0 spiro atoms. The van der Waals surface area contributed by atoms with Gasteiger partial charge in [0.1, 0.15) is 0 Å². The first-order chi connectivity index (χ1) is 9.68. The Kier molecular flexibility index (Phi) is 5.54. The van der Waals surface area contributed by atoms with Gasteiger partial charge in [0.25, 0.3) is 0 Å². The Morgan fingerprint density at radius 1 is 1.30 bits per heavy atom. The highest BCUT2D eigenvalue weighted by atomic mass is 16.5. The van der Waals surface area contributed by atoms with E-state index in [1.165, 1.54) is 0 Å². The Hall–Kier alpha value is -0.940. The van der Waals surface area contributed by atoms with Gasteiger partial charge in [0, 0.05) is 26.7 Å². The van der Waals surface area contributed by atoms with Gasteiger partial charge in [-0.2, -0.15) is 0 Å². The van der Waals surface area contributed by atoms with Gasteiger partial charge in [-0.25, -0.2) is 0 Å². The van der Waals surface area contributed by atoms with Crippen LogP contribution in [0, 0.1) is 0 Å². The van der Waals surface area contributed by atoms with E-state index in [9.17, 15) is 5.11 Å². The number of ether oxygens (including phenoxy) is 1. The number of hydrogen-bond donors (Lipinski definition) is 2. The van der Waals surface area contributed by atoms with E-state index < -0.39 is 5.54 Å². The van der Waals surface area contributed by atoms with E-state index in [0.29, 0.717) is 6.10 Å². The zero-order valence-corrected chi connectivity index (χ0v) is 12.3. The highest BCUT2D eigenvalue weighted by Crippen LogP contribution is 2.23. The zero-order valence-electron chi connectivity index (χ0n) is 12.3. The minimum atomic E-state index is -0.640. The molecule has 0 aromatic heterocycles. The van der Waals surface area contributed by atoms with Crippen molar-refractivity contribution in [1.29, 1.82) is 0 Å². The number of likely N-dealkylation sites (tertiary alicyclic amines) is 1. The van der Waals surface area contributed by atoms with Gasteiger partial charge in [-0.3, -0.25) is 0 Å². The summed E-state index contributed by atoms with van der Waals surface area (Å²) in [6, 6.07) is 9.89. The molecule has 1 aromatic rings. The molecule has 0 aliphatic carbocycles. The summed E-state index contributed by atoms with van der Waals surface area (Å²) < 4.78 is 5.38. The average Bonchev–Trinajstić information content (AvgIpc) is 2.54. The quantitative estimate of drug-likeness (QED) is 0.824. The number of hydrogen-bond acceptors (Lipinski definition) is 4. The summed E-state index contributed by atoms with van der Waals surface area (Å²) in [6.07, 6.45) is 3.34. The first-order valence-electron chi connectivity index (χ1n) is 7.38. The van der Waals surface area contributed by atoms with E-state index in [1.54, 1.807) is 7.11 Å². The van der Waals surface area contributed by atoms with Gasteiger partial charge >= 0.3 is 0 Å². The first kappa shape index (κ1) is 15.4. The minimum absolute atomic E-state index is 0.0223. The van der Waals surface area contributed by atoms with E-state index in [4.69, 9.17) is 10.5 Å². The molecule has 1 aromatic carbocycles. The van der Waals surface area contributed by atoms with Crippen molar-refractivity contribution in [3.8, 4) is 0 Å². The van der Waals surface area contributed by atoms with Crippen molar-refractivity contribution in [3.05, 3.63) is 35.9 Å². The monoisotopic (exact) mass is 278 g/mol. The lowest BCUT2D eigenvalue weighted by Crippen LogP contribution is -2.45. The van der Waals surface area contributed by atoms with Gasteiger partial charge in [0.05, 0.1) is 18.2 Å². The molecule has 0 radical (unpaired) electrons. The van der Waals surface area contributed by atoms with E-state index in [2.05, 4.69) is 4.90 Å². The summed E-state index contributed by atoms with van der Waals surface area (Å²) in [4.78, 5) is 2.41.